The first-order valence-electron chi connectivity index (χ1n) is 7.15. The lowest BCUT2D eigenvalue weighted by atomic mass is 10.0. The molecular weight excluding hydrogens is 275 g/mol. The number of ether oxygens (including phenoxy) is 2. The van der Waals surface area contributed by atoms with Crippen LogP contribution in [0.1, 0.15) is 12.5 Å². The first kappa shape index (κ1) is 15.7. The quantitative estimate of drug-likeness (QED) is 0.824. The Morgan fingerprint density at radius 1 is 1.48 bits per heavy atom. The smallest absolute Gasteiger partial charge is 0.323 e. The summed E-state index contributed by atoms with van der Waals surface area (Å²) in [5.74, 6) is -0.764. The van der Waals surface area contributed by atoms with Crippen LogP contribution in [-0.4, -0.2) is 44.9 Å². The van der Waals surface area contributed by atoms with E-state index in [1.807, 2.05) is 4.90 Å². The molecule has 0 aromatic heterocycles. The highest BCUT2D eigenvalue weighted by Gasteiger charge is 2.22. The van der Waals surface area contributed by atoms with Crippen LogP contribution in [0.5, 0.6) is 0 Å². The Morgan fingerprint density at radius 2 is 2.19 bits per heavy atom. The predicted octanol–water partition coefficient (Wildman–Crippen LogP) is 1.10. The molecule has 1 unspecified atom stereocenters. The van der Waals surface area contributed by atoms with Gasteiger partial charge in [0.25, 0.3) is 0 Å². The average molecular weight is 296 g/mol. The van der Waals surface area contributed by atoms with Crippen molar-refractivity contribution >= 4 is 11.7 Å². The summed E-state index contributed by atoms with van der Waals surface area (Å²) in [5.41, 5.74) is 7.08. The topological polar surface area (TPSA) is 64.8 Å². The minimum Gasteiger partial charge on any atom is -0.465 e. The number of esters is 1. The monoisotopic (exact) mass is 296 g/mol. The Balaban J connectivity index is 2.18. The molecule has 2 rings (SSSR count). The maximum absolute atomic E-state index is 14.2. The summed E-state index contributed by atoms with van der Waals surface area (Å²) in [6, 6.07) is 4.07. The molecule has 0 spiro atoms. The van der Waals surface area contributed by atoms with E-state index in [2.05, 4.69) is 0 Å². The van der Waals surface area contributed by atoms with Gasteiger partial charge in [0.05, 0.1) is 25.5 Å². The van der Waals surface area contributed by atoms with Gasteiger partial charge in [-0.25, -0.2) is 4.39 Å². The van der Waals surface area contributed by atoms with Crippen LogP contribution in [0.2, 0.25) is 0 Å². The van der Waals surface area contributed by atoms with E-state index in [0.717, 1.165) is 5.56 Å². The molecule has 0 bridgehead atoms. The van der Waals surface area contributed by atoms with Gasteiger partial charge in [-0.1, -0.05) is 12.1 Å². The molecule has 116 valence electrons. The standard InChI is InChI=1S/C15H21FN2O3/c1-2-21-15(19)13(17)10-11-4-3-5-12(16)14(11)18-6-8-20-9-7-18/h3-5,13H,2,6-10,17H2,1H3. The average Bonchev–Trinajstić information content (AvgIpc) is 2.48. The molecule has 5 nitrogen and oxygen atoms in total. The van der Waals surface area contributed by atoms with Gasteiger partial charge in [0.1, 0.15) is 11.9 Å². The number of para-hydroxylation sites is 1. The van der Waals surface area contributed by atoms with E-state index in [4.69, 9.17) is 15.2 Å². The SMILES string of the molecule is CCOC(=O)C(N)Cc1cccc(F)c1N1CCOCC1. The Morgan fingerprint density at radius 3 is 2.86 bits per heavy atom. The Bertz CT molecular complexity index is 490. The number of nitrogens with zero attached hydrogens (tertiary/aromatic N) is 1. The first-order chi connectivity index (χ1) is 10.1. The molecule has 0 saturated carbocycles. The van der Waals surface area contributed by atoms with Crippen molar-refractivity contribution in [1.29, 1.82) is 0 Å². The third kappa shape index (κ3) is 3.92. The van der Waals surface area contributed by atoms with Gasteiger partial charge in [-0.05, 0) is 18.6 Å². The molecule has 1 atom stereocenters. The lowest BCUT2D eigenvalue weighted by Crippen LogP contribution is -2.39. The number of benzene rings is 1. The number of carbonyl (C=O) groups is 1. The molecule has 21 heavy (non-hydrogen) atoms. The van der Waals surface area contributed by atoms with Gasteiger partial charge in [0.15, 0.2) is 0 Å². The van der Waals surface area contributed by atoms with E-state index in [9.17, 15) is 9.18 Å². The molecule has 6 heteroatoms. The fourth-order valence-corrected chi connectivity index (χ4v) is 2.44. The lowest BCUT2D eigenvalue weighted by molar-refractivity contribution is -0.144. The van der Waals surface area contributed by atoms with Gasteiger partial charge >= 0.3 is 5.97 Å². The summed E-state index contributed by atoms with van der Waals surface area (Å²) >= 11 is 0. The normalized spacial score (nSPS) is 16.6. The largest absolute Gasteiger partial charge is 0.465 e. The second kappa shape index (κ2) is 7.38. The Labute approximate surface area is 123 Å². The van der Waals surface area contributed by atoms with Crippen LogP contribution in [0.3, 0.4) is 0 Å². The summed E-state index contributed by atoms with van der Waals surface area (Å²) in [7, 11) is 0. The molecule has 0 aliphatic carbocycles. The molecule has 0 radical (unpaired) electrons. The minimum absolute atomic E-state index is 0.253. The van der Waals surface area contributed by atoms with Gasteiger partial charge < -0.3 is 20.1 Å². The van der Waals surface area contributed by atoms with Gasteiger partial charge in [0, 0.05) is 19.5 Å². The molecule has 1 aliphatic heterocycles. The fourth-order valence-electron chi connectivity index (χ4n) is 2.44. The van der Waals surface area contributed by atoms with E-state index < -0.39 is 12.0 Å². The van der Waals surface area contributed by atoms with Crippen molar-refractivity contribution in [3.63, 3.8) is 0 Å². The van der Waals surface area contributed by atoms with Crippen LogP contribution in [0, 0.1) is 5.82 Å². The Hall–Kier alpha value is -1.66. The zero-order valence-electron chi connectivity index (χ0n) is 12.2. The van der Waals surface area contributed by atoms with Gasteiger partial charge in [-0.15, -0.1) is 0 Å². The lowest BCUT2D eigenvalue weighted by Gasteiger charge is -2.31. The zero-order valence-corrected chi connectivity index (χ0v) is 12.2. The number of halogens is 1. The predicted molar refractivity (Wildman–Crippen MR) is 77.7 cm³/mol. The van der Waals surface area contributed by atoms with Crippen LogP contribution in [-0.2, 0) is 20.7 Å². The van der Waals surface area contributed by atoms with Gasteiger partial charge in [-0.2, -0.15) is 0 Å². The van der Waals surface area contributed by atoms with Crippen molar-refractivity contribution in [3.05, 3.63) is 29.6 Å². The second-order valence-electron chi connectivity index (χ2n) is 4.91. The van der Waals surface area contributed by atoms with E-state index in [1.165, 1.54) is 6.07 Å². The van der Waals surface area contributed by atoms with Crippen LogP contribution >= 0.6 is 0 Å². The molecule has 1 aromatic carbocycles. The van der Waals surface area contributed by atoms with Crippen LogP contribution in [0.25, 0.3) is 0 Å². The number of morpholine rings is 1. The van der Waals surface area contributed by atoms with Gasteiger partial charge in [0.2, 0.25) is 0 Å². The summed E-state index contributed by atoms with van der Waals surface area (Å²) in [4.78, 5) is 13.6. The summed E-state index contributed by atoms with van der Waals surface area (Å²) in [6.45, 7) is 4.40. The van der Waals surface area contributed by atoms with Crippen LogP contribution < -0.4 is 10.6 Å². The molecule has 0 amide bonds. The summed E-state index contributed by atoms with van der Waals surface area (Å²) in [6.07, 6.45) is 0.253. The summed E-state index contributed by atoms with van der Waals surface area (Å²) in [5, 5.41) is 0. The van der Waals surface area contributed by atoms with Crippen molar-refractivity contribution in [2.45, 2.75) is 19.4 Å². The van der Waals surface area contributed by atoms with Crippen molar-refractivity contribution in [2.24, 2.45) is 5.73 Å². The van der Waals surface area contributed by atoms with E-state index in [1.54, 1.807) is 19.1 Å². The number of nitrogens with two attached hydrogens (primary N) is 1. The molecule has 1 aromatic rings. The number of hydrogen-bond donors (Lipinski definition) is 1. The maximum atomic E-state index is 14.2. The summed E-state index contributed by atoms with van der Waals surface area (Å²) < 4.78 is 24.4. The highest BCUT2D eigenvalue weighted by Crippen LogP contribution is 2.26. The first-order valence-corrected chi connectivity index (χ1v) is 7.15. The van der Waals surface area contributed by atoms with E-state index >= 15 is 0 Å². The van der Waals surface area contributed by atoms with E-state index in [0.29, 0.717) is 32.0 Å². The van der Waals surface area contributed by atoms with Gasteiger partial charge in [-0.3, -0.25) is 4.79 Å². The third-order valence-corrected chi connectivity index (χ3v) is 3.43. The molecule has 1 aliphatic rings. The molecule has 1 heterocycles. The number of anilines is 1. The molecule has 1 fully saturated rings. The highest BCUT2D eigenvalue weighted by atomic mass is 19.1. The number of hydrogen-bond acceptors (Lipinski definition) is 5. The third-order valence-electron chi connectivity index (χ3n) is 3.43. The van der Waals surface area contributed by atoms with E-state index in [-0.39, 0.29) is 18.8 Å². The molecule has 1 saturated heterocycles. The molecule has 2 N–H and O–H groups in total. The molecular formula is C15H21FN2O3. The zero-order chi connectivity index (χ0) is 15.2. The van der Waals surface area contributed by atoms with Crippen LogP contribution in [0.4, 0.5) is 10.1 Å². The van der Waals surface area contributed by atoms with Crippen molar-refractivity contribution in [2.75, 3.05) is 37.8 Å². The number of carbonyl (C=O) groups excluding carboxylic acids is 1. The minimum atomic E-state index is -0.786. The van der Waals surface area contributed by atoms with Crippen molar-refractivity contribution in [3.8, 4) is 0 Å². The fraction of sp³-hybridized carbons (Fsp3) is 0.533. The Kier molecular flexibility index (Phi) is 5.52. The van der Waals surface area contributed by atoms with Crippen molar-refractivity contribution in [1.82, 2.24) is 0 Å². The second-order valence-corrected chi connectivity index (χ2v) is 4.91. The van der Waals surface area contributed by atoms with Crippen molar-refractivity contribution < 1.29 is 18.7 Å². The number of rotatable bonds is 5. The maximum Gasteiger partial charge on any atom is 0.323 e. The highest BCUT2D eigenvalue weighted by molar-refractivity contribution is 5.76. The van der Waals surface area contributed by atoms with Crippen LogP contribution in [0.15, 0.2) is 18.2 Å².